The molecule has 2 nitrogen and oxygen atoms in total. The van der Waals surface area contributed by atoms with Crippen LogP contribution in [0.4, 0.5) is 5.69 Å². The number of aryl methyl sites for hydroxylation is 1. The topological polar surface area (TPSA) is 7.12 Å². The first-order valence-electron chi connectivity index (χ1n) is 14.4. The highest BCUT2D eigenvalue weighted by Crippen LogP contribution is 2.48. The van der Waals surface area contributed by atoms with Crippen molar-refractivity contribution in [2.75, 3.05) is 35.5 Å². The zero-order chi connectivity index (χ0) is 28.2. The van der Waals surface area contributed by atoms with Gasteiger partial charge in [-0.15, -0.1) is 0 Å². The maximum Gasteiger partial charge on any atom is 0.263 e. The highest BCUT2D eigenvalue weighted by Gasteiger charge is 2.26. The molecule has 0 bridgehead atoms. The molecule has 0 N–H and O–H groups in total. The van der Waals surface area contributed by atoms with E-state index in [1.165, 1.54) is 82.3 Å². The van der Waals surface area contributed by atoms with Crippen LogP contribution in [0.25, 0.3) is 37.8 Å². The van der Waals surface area contributed by atoms with E-state index in [4.69, 9.17) is 0 Å². The van der Waals surface area contributed by atoms with E-state index in [1.807, 2.05) is 46.6 Å². The molecule has 0 fully saturated rings. The molecule has 0 saturated carbocycles. The highest BCUT2D eigenvalue weighted by molar-refractivity contribution is 8.03. The SMILES string of the molecule is CCC(=C/c1sc2cc3ccccc3cc2[n+]1CCCSC)/C=C1/Sc2cc3ccccc3cc2N1CCCSC. The van der Waals surface area contributed by atoms with Crippen LogP contribution in [0.15, 0.2) is 94.4 Å². The van der Waals surface area contributed by atoms with Crippen molar-refractivity contribution in [3.63, 3.8) is 0 Å². The molecule has 210 valence electrons. The van der Waals surface area contributed by atoms with Crippen LogP contribution in [0.2, 0.25) is 0 Å². The minimum atomic E-state index is 1.00. The van der Waals surface area contributed by atoms with Crippen molar-refractivity contribution in [3.05, 3.63) is 94.5 Å². The Morgan fingerprint density at radius 3 is 2.22 bits per heavy atom. The predicted molar refractivity (Wildman–Crippen MR) is 189 cm³/mol. The Bertz CT molecular complexity index is 1750. The molecule has 0 radical (unpaired) electrons. The number of hydrogen-bond donors (Lipinski definition) is 0. The molecule has 1 aromatic heterocycles. The molecule has 6 heteroatoms. The molecule has 0 atom stereocenters. The van der Waals surface area contributed by atoms with Crippen LogP contribution in [0.1, 0.15) is 31.2 Å². The lowest BCUT2D eigenvalue weighted by Gasteiger charge is -2.21. The van der Waals surface area contributed by atoms with Crippen LogP contribution in [0.3, 0.4) is 0 Å². The third-order valence-electron chi connectivity index (χ3n) is 7.68. The van der Waals surface area contributed by atoms with E-state index < -0.39 is 0 Å². The maximum atomic E-state index is 2.57. The number of nitrogens with zero attached hydrogens (tertiary/aromatic N) is 2. The summed E-state index contributed by atoms with van der Waals surface area (Å²) < 4.78 is 3.94. The van der Waals surface area contributed by atoms with Gasteiger partial charge in [-0.2, -0.15) is 28.1 Å². The lowest BCUT2D eigenvalue weighted by atomic mass is 10.1. The van der Waals surface area contributed by atoms with Gasteiger partial charge >= 0.3 is 0 Å². The van der Waals surface area contributed by atoms with Crippen molar-refractivity contribution in [2.45, 2.75) is 37.6 Å². The Labute approximate surface area is 260 Å². The normalized spacial score (nSPS) is 14.7. The standard InChI is InChI=1S/C35H37N2S4/c1-4-25(19-34-36(15-9-17-38-2)30-21-26-11-5-7-13-28(26)23-32(30)40-34)20-35-37(16-10-18-39-3)31-22-27-12-6-8-14-29(27)24-33(31)41-35/h5-8,11-14,19-24H,4,9-10,15-18H2,1-3H3/q+1. The van der Waals surface area contributed by atoms with Crippen molar-refractivity contribution >= 4 is 90.1 Å². The summed E-state index contributed by atoms with van der Waals surface area (Å²) in [5.41, 5.74) is 4.10. The Morgan fingerprint density at radius 2 is 1.51 bits per heavy atom. The van der Waals surface area contributed by atoms with E-state index in [-0.39, 0.29) is 0 Å². The van der Waals surface area contributed by atoms with Crippen molar-refractivity contribution in [1.82, 2.24) is 0 Å². The van der Waals surface area contributed by atoms with E-state index in [2.05, 4.69) is 114 Å². The van der Waals surface area contributed by atoms with Crippen LogP contribution in [0, 0.1) is 0 Å². The number of aromatic nitrogens is 1. The molecular formula is C35H37N2S4+. The summed E-state index contributed by atoms with van der Waals surface area (Å²) in [7, 11) is 0. The van der Waals surface area contributed by atoms with Crippen LogP contribution in [-0.2, 0) is 6.54 Å². The minimum Gasteiger partial charge on any atom is -0.335 e. The second kappa shape index (κ2) is 13.3. The molecule has 6 rings (SSSR count). The molecule has 0 unspecified atom stereocenters. The van der Waals surface area contributed by atoms with Crippen molar-refractivity contribution in [2.24, 2.45) is 0 Å². The minimum absolute atomic E-state index is 1.00. The summed E-state index contributed by atoms with van der Waals surface area (Å²) >= 11 is 7.74. The second-order valence-electron chi connectivity index (χ2n) is 10.4. The number of thiazole rings is 1. The molecule has 1 aliphatic heterocycles. The largest absolute Gasteiger partial charge is 0.335 e. The lowest BCUT2D eigenvalue weighted by Crippen LogP contribution is -2.35. The number of anilines is 1. The maximum absolute atomic E-state index is 2.57. The van der Waals surface area contributed by atoms with Gasteiger partial charge in [0.2, 0.25) is 5.52 Å². The summed E-state index contributed by atoms with van der Waals surface area (Å²) in [5.74, 6) is 2.36. The van der Waals surface area contributed by atoms with E-state index >= 15 is 0 Å². The molecule has 0 amide bonds. The molecule has 0 spiro atoms. The van der Waals surface area contributed by atoms with E-state index in [0.29, 0.717) is 0 Å². The van der Waals surface area contributed by atoms with Gasteiger partial charge in [0.1, 0.15) is 4.70 Å². The number of hydrogen-bond acceptors (Lipinski definition) is 5. The summed E-state index contributed by atoms with van der Waals surface area (Å²) in [4.78, 5) is 3.94. The second-order valence-corrected chi connectivity index (χ2v) is 14.5. The van der Waals surface area contributed by atoms with Gasteiger partial charge in [-0.1, -0.05) is 78.6 Å². The molecule has 0 saturated heterocycles. The van der Waals surface area contributed by atoms with Gasteiger partial charge in [0.25, 0.3) is 5.01 Å². The van der Waals surface area contributed by atoms with E-state index in [0.717, 1.165) is 19.5 Å². The molecule has 5 aromatic rings. The van der Waals surface area contributed by atoms with Crippen molar-refractivity contribution < 1.29 is 4.57 Å². The molecule has 4 aromatic carbocycles. The van der Waals surface area contributed by atoms with Gasteiger partial charge in [-0.25, -0.2) is 0 Å². The number of thioether (sulfide) groups is 3. The quantitative estimate of drug-likeness (QED) is 0.108. The smallest absolute Gasteiger partial charge is 0.263 e. The average molecular weight is 614 g/mol. The van der Waals surface area contributed by atoms with Crippen LogP contribution >= 0.6 is 46.6 Å². The van der Waals surface area contributed by atoms with Gasteiger partial charge in [0.05, 0.1) is 10.7 Å². The zero-order valence-corrected chi connectivity index (χ0v) is 27.3. The van der Waals surface area contributed by atoms with Gasteiger partial charge in [0.15, 0.2) is 6.54 Å². The number of allylic oxidation sites excluding steroid dienone is 2. The monoisotopic (exact) mass is 613 g/mol. The number of benzene rings is 4. The molecular weight excluding hydrogens is 577 g/mol. The predicted octanol–water partition coefficient (Wildman–Crippen LogP) is 10.2. The van der Waals surface area contributed by atoms with Gasteiger partial charge < -0.3 is 4.90 Å². The Balaban J connectivity index is 1.41. The first kappa shape index (κ1) is 28.7. The molecule has 1 aliphatic rings. The Hall–Kier alpha value is -2.38. The van der Waals surface area contributed by atoms with Gasteiger partial charge in [-0.05, 0) is 88.3 Å². The Morgan fingerprint density at radius 1 is 0.854 bits per heavy atom. The molecule has 41 heavy (non-hydrogen) atoms. The fourth-order valence-corrected chi connectivity index (χ4v) is 8.77. The fraction of sp³-hybridized carbons (Fsp3) is 0.286. The van der Waals surface area contributed by atoms with Gasteiger partial charge in [-0.3, -0.25) is 0 Å². The third kappa shape index (κ3) is 6.22. The average Bonchev–Trinajstić information content (AvgIpc) is 3.50. The van der Waals surface area contributed by atoms with Crippen molar-refractivity contribution in [1.29, 1.82) is 0 Å². The third-order valence-corrected chi connectivity index (χ3v) is 11.3. The Kier molecular flexibility index (Phi) is 9.31. The number of fused-ring (bicyclic) bond motifs is 4. The summed E-state index contributed by atoms with van der Waals surface area (Å²) in [6.07, 6.45) is 12.7. The van der Waals surface area contributed by atoms with Crippen LogP contribution in [0.5, 0.6) is 0 Å². The molecule has 0 aliphatic carbocycles. The van der Waals surface area contributed by atoms with E-state index in [9.17, 15) is 0 Å². The van der Waals surface area contributed by atoms with Crippen molar-refractivity contribution in [3.8, 4) is 0 Å². The first-order valence-corrected chi connectivity index (χ1v) is 18.8. The van der Waals surface area contributed by atoms with Gasteiger partial charge in [0, 0.05) is 30.0 Å². The lowest BCUT2D eigenvalue weighted by molar-refractivity contribution is -0.668. The van der Waals surface area contributed by atoms with Crippen LogP contribution in [-0.4, -0.2) is 30.6 Å². The molecule has 2 heterocycles. The van der Waals surface area contributed by atoms with Crippen LogP contribution < -0.4 is 9.47 Å². The first-order chi connectivity index (χ1) is 20.2. The number of rotatable bonds is 11. The summed E-state index contributed by atoms with van der Waals surface area (Å²) in [6, 6.07) is 27.0. The summed E-state index contributed by atoms with van der Waals surface area (Å²) in [5, 5.41) is 7.98. The zero-order valence-electron chi connectivity index (χ0n) is 24.1. The van der Waals surface area contributed by atoms with E-state index in [1.54, 1.807) is 0 Å². The fourth-order valence-electron chi connectivity index (χ4n) is 5.55. The highest BCUT2D eigenvalue weighted by atomic mass is 32.2. The summed E-state index contributed by atoms with van der Waals surface area (Å²) in [6.45, 7) is 4.39.